The average molecular weight is 287 g/mol. The summed E-state index contributed by atoms with van der Waals surface area (Å²) in [5.74, 6) is -1.13. The molecule has 2 aromatic carbocycles. The van der Waals surface area contributed by atoms with E-state index >= 15 is 0 Å². The first-order chi connectivity index (χ1) is 10.1. The van der Waals surface area contributed by atoms with Gasteiger partial charge in [0.15, 0.2) is 0 Å². The fourth-order valence-electron chi connectivity index (χ4n) is 2.40. The second kappa shape index (κ2) is 6.99. The average Bonchev–Trinajstić information content (AvgIpc) is 2.45. The molecule has 4 heteroatoms. The Hall–Kier alpha value is -2.20. The summed E-state index contributed by atoms with van der Waals surface area (Å²) in [5, 5.41) is 9.12. The van der Waals surface area contributed by atoms with Crippen LogP contribution in [0.2, 0.25) is 0 Å². The second-order valence-corrected chi connectivity index (χ2v) is 5.07. The molecule has 1 unspecified atom stereocenters. The second-order valence-electron chi connectivity index (χ2n) is 5.07. The lowest BCUT2D eigenvalue weighted by atomic mass is 10.0. The summed E-state index contributed by atoms with van der Waals surface area (Å²) in [4.78, 5) is 13.0. The van der Waals surface area contributed by atoms with E-state index in [1.54, 1.807) is 6.07 Å². The van der Waals surface area contributed by atoms with E-state index in [0.717, 1.165) is 11.1 Å². The van der Waals surface area contributed by atoms with E-state index in [9.17, 15) is 9.18 Å². The Morgan fingerprint density at radius 1 is 1.19 bits per heavy atom. The highest BCUT2D eigenvalue weighted by molar-refractivity contribution is 5.67. The maximum Gasteiger partial charge on any atom is 0.305 e. The SMILES string of the molecule is CN(Cc1cccc(F)c1)C(CC(=O)O)c1ccccc1. The summed E-state index contributed by atoms with van der Waals surface area (Å²) >= 11 is 0. The summed E-state index contributed by atoms with van der Waals surface area (Å²) in [6.07, 6.45) is 0.00975. The van der Waals surface area contributed by atoms with Crippen LogP contribution < -0.4 is 0 Å². The van der Waals surface area contributed by atoms with Crippen LogP contribution in [0.4, 0.5) is 4.39 Å². The highest BCUT2D eigenvalue weighted by Crippen LogP contribution is 2.24. The molecule has 2 aromatic rings. The number of carboxylic acid groups (broad SMARTS) is 1. The maximum atomic E-state index is 13.2. The van der Waals surface area contributed by atoms with Crippen molar-refractivity contribution in [2.24, 2.45) is 0 Å². The molecule has 0 aliphatic carbocycles. The minimum Gasteiger partial charge on any atom is -0.481 e. The fourth-order valence-corrected chi connectivity index (χ4v) is 2.40. The van der Waals surface area contributed by atoms with Gasteiger partial charge in [0.05, 0.1) is 6.42 Å². The van der Waals surface area contributed by atoms with Crippen LogP contribution in [0.15, 0.2) is 54.6 Å². The van der Waals surface area contributed by atoms with E-state index in [0.29, 0.717) is 6.54 Å². The third-order valence-electron chi connectivity index (χ3n) is 3.41. The number of hydrogen-bond acceptors (Lipinski definition) is 2. The smallest absolute Gasteiger partial charge is 0.305 e. The number of benzene rings is 2. The van der Waals surface area contributed by atoms with E-state index in [1.165, 1.54) is 12.1 Å². The first-order valence-electron chi connectivity index (χ1n) is 6.77. The van der Waals surface area contributed by atoms with Crippen molar-refractivity contribution >= 4 is 5.97 Å². The molecule has 1 atom stereocenters. The lowest BCUT2D eigenvalue weighted by molar-refractivity contribution is -0.138. The van der Waals surface area contributed by atoms with Crippen molar-refractivity contribution in [1.29, 1.82) is 0 Å². The zero-order valence-corrected chi connectivity index (χ0v) is 11.9. The summed E-state index contributed by atoms with van der Waals surface area (Å²) in [5.41, 5.74) is 1.77. The molecule has 0 heterocycles. The van der Waals surface area contributed by atoms with Gasteiger partial charge in [-0.2, -0.15) is 0 Å². The number of hydrogen-bond donors (Lipinski definition) is 1. The zero-order chi connectivity index (χ0) is 15.2. The van der Waals surface area contributed by atoms with Crippen LogP contribution in [0.1, 0.15) is 23.6 Å². The summed E-state index contributed by atoms with van der Waals surface area (Å²) in [6, 6.07) is 15.6. The van der Waals surface area contributed by atoms with Gasteiger partial charge in [0.2, 0.25) is 0 Å². The van der Waals surface area contributed by atoms with Crippen LogP contribution in [0.3, 0.4) is 0 Å². The van der Waals surface area contributed by atoms with Crippen LogP contribution in [-0.2, 0) is 11.3 Å². The van der Waals surface area contributed by atoms with E-state index < -0.39 is 5.97 Å². The standard InChI is InChI=1S/C17H18FNO2/c1-19(12-13-6-5-9-15(18)10-13)16(11-17(20)21)14-7-3-2-4-8-14/h2-10,16H,11-12H2,1H3,(H,20,21). The van der Waals surface area contributed by atoms with Gasteiger partial charge in [-0.25, -0.2) is 4.39 Å². The first kappa shape index (κ1) is 15.2. The van der Waals surface area contributed by atoms with Gasteiger partial charge in [-0.1, -0.05) is 42.5 Å². The molecule has 0 amide bonds. The van der Waals surface area contributed by atoms with Crippen molar-refractivity contribution in [3.8, 4) is 0 Å². The molecular formula is C17H18FNO2. The Bertz CT molecular complexity index is 601. The van der Waals surface area contributed by atoms with Crippen molar-refractivity contribution < 1.29 is 14.3 Å². The number of nitrogens with zero attached hydrogens (tertiary/aromatic N) is 1. The molecule has 0 aromatic heterocycles. The summed E-state index contributed by atoms with van der Waals surface area (Å²) in [6.45, 7) is 0.491. The number of rotatable bonds is 6. The molecule has 2 rings (SSSR count). The van der Waals surface area contributed by atoms with Crippen LogP contribution >= 0.6 is 0 Å². The molecule has 0 aliphatic heterocycles. The van der Waals surface area contributed by atoms with Gasteiger partial charge in [-0.05, 0) is 30.3 Å². The Labute approximate surface area is 123 Å². The molecule has 0 spiro atoms. The summed E-state index contributed by atoms with van der Waals surface area (Å²) in [7, 11) is 1.85. The quantitative estimate of drug-likeness (QED) is 0.884. The Kier molecular flexibility index (Phi) is 5.06. The van der Waals surface area contributed by atoms with E-state index in [1.807, 2.05) is 48.3 Å². The molecular weight excluding hydrogens is 269 g/mol. The van der Waals surface area contributed by atoms with Gasteiger partial charge < -0.3 is 5.11 Å². The van der Waals surface area contributed by atoms with Gasteiger partial charge in [-0.15, -0.1) is 0 Å². The van der Waals surface area contributed by atoms with Gasteiger partial charge in [0.1, 0.15) is 5.82 Å². The number of carbonyl (C=O) groups is 1. The lowest BCUT2D eigenvalue weighted by Crippen LogP contribution is -2.26. The molecule has 0 radical (unpaired) electrons. The predicted molar refractivity (Wildman–Crippen MR) is 79.3 cm³/mol. The molecule has 0 bridgehead atoms. The lowest BCUT2D eigenvalue weighted by Gasteiger charge is -2.27. The van der Waals surface area contributed by atoms with Gasteiger partial charge in [0.25, 0.3) is 0 Å². The van der Waals surface area contributed by atoms with Gasteiger partial charge in [-0.3, -0.25) is 9.69 Å². The zero-order valence-electron chi connectivity index (χ0n) is 11.9. The predicted octanol–water partition coefficient (Wildman–Crippen LogP) is 3.47. The molecule has 110 valence electrons. The van der Waals surface area contributed by atoms with Crippen molar-refractivity contribution in [3.05, 3.63) is 71.5 Å². The van der Waals surface area contributed by atoms with Crippen molar-refractivity contribution in [1.82, 2.24) is 4.90 Å². The number of carboxylic acids is 1. The molecule has 0 fully saturated rings. The van der Waals surface area contributed by atoms with Crippen molar-refractivity contribution in [2.45, 2.75) is 19.0 Å². The molecule has 3 nitrogen and oxygen atoms in total. The molecule has 0 saturated carbocycles. The maximum absolute atomic E-state index is 13.2. The summed E-state index contributed by atoms with van der Waals surface area (Å²) < 4.78 is 13.2. The first-order valence-corrected chi connectivity index (χ1v) is 6.77. The van der Waals surface area contributed by atoms with Crippen molar-refractivity contribution in [2.75, 3.05) is 7.05 Å². The highest BCUT2D eigenvalue weighted by atomic mass is 19.1. The normalized spacial score (nSPS) is 12.3. The minimum atomic E-state index is -0.852. The van der Waals surface area contributed by atoms with E-state index in [-0.39, 0.29) is 18.3 Å². The van der Waals surface area contributed by atoms with Gasteiger partial charge >= 0.3 is 5.97 Å². The van der Waals surface area contributed by atoms with Crippen molar-refractivity contribution in [3.63, 3.8) is 0 Å². The Morgan fingerprint density at radius 3 is 2.52 bits per heavy atom. The van der Waals surface area contributed by atoms with Crippen LogP contribution in [-0.4, -0.2) is 23.0 Å². The molecule has 0 saturated heterocycles. The van der Waals surface area contributed by atoms with E-state index in [4.69, 9.17) is 5.11 Å². The van der Waals surface area contributed by atoms with Crippen LogP contribution in [0, 0.1) is 5.82 Å². The minimum absolute atomic E-state index is 0.00975. The van der Waals surface area contributed by atoms with Crippen LogP contribution in [0.25, 0.3) is 0 Å². The van der Waals surface area contributed by atoms with Gasteiger partial charge in [0, 0.05) is 12.6 Å². The number of aliphatic carboxylic acids is 1. The third-order valence-corrected chi connectivity index (χ3v) is 3.41. The fraction of sp³-hybridized carbons (Fsp3) is 0.235. The molecule has 21 heavy (non-hydrogen) atoms. The monoisotopic (exact) mass is 287 g/mol. The topological polar surface area (TPSA) is 40.5 Å². The molecule has 1 N–H and O–H groups in total. The van der Waals surface area contributed by atoms with E-state index in [2.05, 4.69) is 0 Å². The Morgan fingerprint density at radius 2 is 1.90 bits per heavy atom. The highest BCUT2D eigenvalue weighted by Gasteiger charge is 2.20. The largest absolute Gasteiger partial charge is 0.481 e. The van der Waals surface area contributed by atoms with Crippen LogP contribution in [0.5, 0.6) is 0 Å². The third kappa shape index (κ3) is 4.39. The number of halogens is 1. The molecule has 0 aliphatic rings. The Balaban J connectivity index is 2.18.